The summed E-state index contributed by atoms with van der Waals surface area (Å²) in [7, 11) is 0. The van der Waals surface area contributed by atoms with Crippen LogP contribution in [0.5, 0.6) is 0 Å². The molecule has 0 amide bonds. The van der Waals surface area contributed by atoms with Crippen molar-refractivity contribution in [2.24, 2.45) is 0 Å². The molecule has 102 valence electrons. The molecular formula is C16H11N3OS. The smallest absolute Gasteiger partial charge is 0.228 e. The van der Waals surface area contributed by atoms with E-state index < -0.39 is 0 Å². The van der Waals surface area contributed by atoms with E-state index in [1.54, 1.807) is 22.2 Å². The van der Waals surface area contributed by atoms with Crippen LogP contribution in [0, 0.1) is 0 Å². The minimum Gasteiger partial charge on any atom is -0.433 e. The van der Waals surface area contributed by atoms with Crippen molar-refractivity contribution in [1.82, 2.24) is 14.8 Å². The fourth-order valence-electron chi connectivity index (χ4n) is 2.13. The van der Waals surface area contributed by atoms with E-state index in [0.717, 1.165) is 16.2 Å². The highest BCUT2D eigenvalue weighted by atomic mass is 32.1. The molecule has 0 spiro atoms. The second-order valence-corrected chi connectivity index (χ2v) is 5.41. The van der Waals surface area contributed by atoms with Crippen LogP contribution in [0.25, 0.3) is 27.9 Å². The monoisotopic (exact) mass is 293 g/mol. The van der Waals surface area contributed by atoms with Crippen molar-refractivity contribution in [3.05, 3.63) is 66.3 Å². The molecule has 0 saturated carbocycles. The first kappa shape index (κ1) is 12.1. The molecule has 5 heteroatoms. The Morgan fingerprint density at radius 3 is 2.62 bits per heavy atom. The van der Waals surface area contributed by atoms with Crippen LogP contribution in [0.3, 0.4) is 0 Å². The Labute approximate surface area is 125 Å². The number of hydrogen-bond donors (Lipinski definition) is 0. The Bertz CT molecular complexity index is 781. The number of thiophene rings is 1. The van der Waals surface area contributed by atoms with Crippen molar-refractivity contribution in [3.63, 3.8) is 0 Å². The predicted octanol–water partition coefficient (Wildman–Crippen LogP) is 4.26. The van der Waals surface area contributed by atoms with E-state index in [-0.39, 0.29) is 0 Å². The summed E-state index contributed by atoms with van der Waals surface area (Å²) in [5, 5.41) is 6.28. The summed E-state index contributed by atoms with van der Waals surface area (Å²) in [5.74, 6) is 2.05. The topological polar surface area (TPSA) is 43.9 Å². The molecule has 0 saturated heterocycles. The van der Waals surface area contributed by atoms with E-state index in [1.807, 2.05) is 60.1 Å². The van der Waals surface area contributed by atoms with Gasteiger partial charge in [0.1, 0.15) is 0 Å². The van der Waals surface area contributed by atoms with Crippen molar-refractivity contribution in [2.45, 2.75) is 0 Å². The lowest BCUT2D eigenvalue weighted by molar-refractivity contribution is 0.589. The fraction of sp³-hybridized carbons (Fsp3) is 0. The lowest BCUT2D eigenvalue weighted by atomic mass is 10.2. The molecule has 0 atom stereocenters. The molecular weight excluding hydrogens is 282 g/mol. The molecule has 3 heterocycles. The average Bonchev–Trinajstić information content (AvgIpc) is 3.27. The van der Waals surface area contributed by atoms with Gasteiger partial charge in [-0.25, -0.2) is 4.68 Å². The van der Waals surface area contributed by atoms with Crippen LogP contribution < -0.4 is 0 Å². The number of nitrogens with zero attached hydrogens (tertiary/aromatic N) is 3. The molecule has 4 rings (SSSR count). The Morgan fingerprint density at radius 1 is 1.00 bits per heavy atom. The van der Waals surface area contributed by atoms with Crippen LogP contribution in [0.15, 0.2) is 70.7 Å². The molecule has 0 aliphatic carbocycles. The maximum atomic E-state index is 6.01. The second-order valence-electron chi connectivity index (χ2n) is 4.47. The van der Waals surface area contributed by atoms with E-state index >= 15 is 0 Å². The van der Waals surface area contributed by atoms with Crippen LogP contribution in [0.4, 0.5) is 0 Å². The molecule has 1 aromatic carbocycles. The lowest BCUT2D eigenvalue weighted by Gasteiger charge is -1.97. The van der Waals surface area contributed by atoms with Crippen LogP contribution in [0.2, 0.25) is 0 Å². The molecule has 3 aromatic heterocycles. The van der Waals surface area contributed by atoms with Gasteiger partial charge >= 0.3 is 0 Å². The molecule has 0 aliphatic heterocycles. The summed E-state index contributed by atoms with van der Waals surface area (Å²) in [6, 6.07) is 15.8. The lowest BCUT2D eigenvalue weighted by Crippen LogP contribution is -1.96. The van der Waals surface area contributed by atoms with Crippen molar-refractivity contribution in [3.8, 4) is 27.9 Å². The standard InChI is InChI=1S/C16H11N3OS/c1-2-6-12(7-3-1)16-18-15(19-10-5-9-17-19)14(20-16)13-8-4-11-21-13/h1-11H. The Kier molecular flexibility index (Phi) is 2.90. The van der Waals surface area contributed by atoms with Gasteiger partial charge in [0, 0.05) is 18.0 Å². The Balaban J connectivity index is 1.91. The summed E-state index contributed by atoms with van der Waals surface area (Å²) in [4.78, 5) is 5.66. The average molecular weight is 293 g/mol. The molecule has 21 heavy (non-hydrogen) atoms. The molecule has 0 bridgehead atoms. The summed E-state index contributed by atoms with van der Waals surface area (Å²) in [5.41, 5.74) is 0.953. The number of aromatic nitrogens is 3. The van der Waals surface area contributed by atoms with Crippen LogP contribution in [0.1, 0.15) is 0 Å². The van der Waals surface area contributed by atoms with Crippen LogP contribution in [-0.4, -0.2) is 14.8 Å². The van der Waals surface area contributed by atoms with Gasteiger partial charge in [-0.15, -0.1) is 11.3 Å². The molecule has 0 fully saturated rings. The number of benzene rings is 1. The van der Waals surface area contributed by atoms with Gasteiger partial charge in [-0.05, 0) is 29.6 Å². The van der Waals surface area contributed by atoms with Crippen molar-refractivity contribution in [2.75, 3.05) is 0 Å². The highest BCUT2D eigenvalue weighted by molar-refractivity contribution is 7.13. The van der Waals surface area contributed by atoms with E-state index in [1.165, 1.54) is 0 Å². The minimum atomic E-state index is 0.601. The third kappa shape index (κ3) is 2.17. The van der Waals surface area contributed by atoms with Crippen molar-refractivity contribution in [1.29, 1.82) is 0 Å². The van der Waals surface area contributed by atoms with Crippen molar-refractivity contribution < 1.29 is 4.42 Å². The highest BCUT2D eigenvalue weighted by Crippen LogP contribution is 2.34. The zero-order valence-corrected chi connectivity index (χ0v) is 11.8. The van der Waals surface area contributed by atoms with E-state index in [2.05, 4.69) is 10.1 Å². The van der Waals surface area contributed by atoms with Gasteiger partial charge in [-0.2, -0.15) is 10.1 Å². The zero-order valence-electron chi connectivity index (χ0n) is 11.0. The van der Waals surface area contributed by atoms with Gasteiger partial charge in [0.25, 0.3) is 0 Å². The van der Waals surface area contributed by atoms with E-state index in [0.29, 0.717) is 11.7 Å². The minimum absolute atomic E-state index is 0.601. The largest absolute Gasteiger partial charge is 0.433 e. The summed E-state index contributed by atoms with van der Waals surface area (Å²) >= 11 is 1.62. The summed E-state index contributed by atoms with van der Waals surface area (Å²) < 4.78 is 7.73. The maximum absolute atomic E-state index is 6.01. The van der Waals surface area contributed by atoms with E-state index in [4.69, 9.17) is 4.42 Å². The SMILES string of the molecule is c1ccc(-c2nc(-n3cccn3)c(-c3cccs3)o2)cc1. The fourth-order valence-corrected chi connectivity index (χ4v) is 2.83. The van der Waals surface area contributed by atoms with Crippen LogP contribution in [-0.2, 0) is 0 Å². The Morgan fingerprint density at radius 2 is 1.90 bits per heavy atom. The first-order valence-corrected chi connectivity index (χ1v) is 7.40. The highest BCUT2D eigenvalue weighted by Gasteiger charge is 2.18. The second kappa shape index (κ2) is 5.03. The number of rotatable bonds is 3. The van der Waals surface area contributed by atoms with Gasteiger partial charge in [-0.3, -0.25) is 0 Å². The summed E-state index contributed by atoms with van der Waals surface area (Å²) in [6.07, 6.45) is 3.60. The van der Waals surface area contributed by atoms with Gasteiger partial charge in [0.05, 0.1) is 4.88 Å². The van der Waals surface area contributed by atoms with Crippen LogP contribution >= 0.6 is 11.3 Å². The van der Waals surface area contributed by atoms with E-state index in [9.17, 15) is 0 Å². The third-order valence-electron chi connectivity index (χ3n) is 3.10. The van der Waals surface area contributed by atoms with Gasteiger partial charge < -0.3 is 4.42 Å². The summed E-state index contributed by atoms with van der Waals surface area (Å²) in [6.45, 7) is 0. The van der Waals surface area contributed by atoms with Gasteiger partial charge in [0.15, 0.2) is 5.76 Å². The molecule has 4 aromatic rings. The molecule has 4 nitrogen and oxygen atoms in total. The Hall–Kier alpha value is -2.66. The van der Waals surface area contributed by atoms with Crippen molar-refractivity contribution >= 4 is 11.3 Å². The third-order valence-corrected chi connectivity index (χ3v) is 3.97. The maximum Gasteiger partial charge on any atom is 0.228 e. The molecule has 0 aliphatic rings. The number of oxazole rings is 1. The first-order valence-electron chi connectivity index (χ1n) is 6.52. The number of hydrogen-bond acceptors (Lipinski definition) is 4. The normalized spacial score (nSPS) is 10.9. The predicted molar refractivity (Wildman–Crippen MR) is 82.4 cm³/mol. The quantitative estimate of drug-likeness (QED) is 0.567. The molecule has 0 N–H and O–H groups in total. The van der Waals surface area contributed by atoms with Gasteiger partial charge in [0.2, 0.25) is 11.7 Å². The van der Waals surface area contributed by atoms with Gasteiger partial charge in [-0.1, -0.05) is 24.3 Å². The molecule has 0 unspecified atom stereocenters. The zero-order chi connectivity index (χ0) is 14.1. The molecule has 0 radical (unpaired) electrons. The first-order chi connectivity index (χ1) is 10.4.